The number of anilines is 1. The number of thioether (sulfide) groups is 1. The molecule has 6 nitrogen and oxygen atoms in total. The number of halogens is 2. The monoisotopic (exact) mass is 433 g/mol. The van der Waals surface area contributed by atoms with E-state index in [0.29, 0.717) is 21.7 Å². The molecule has 1 N–H and O–H groups in total. The van der Waals surface area contributed by atoms with Gasteiger partial charge in [0.05, 0.1) is 11.8 Å². The summed E-state index contributed by atoms with van der Waals surface area (Å²) in [6, 6.07) is 13.0. The third-order valence-corrected chi connectivity index (χ3v) is 5.53. The molecule has 2 aromatic carbocycles. The van der Waals surface area contributed by atoms with Crippen molar-refractivity contribution in [3.63, 3.8) is 0 Å². The first-order valence-corrected chi connectivity index (χ1v) is 10.3. The number of carbonyl (C=O) groups is 1. The maximum absolute atomic E-state index is 13.4. The van der Waals surface area contributed by atoms with Crippen LogP contribution in [0.25, 0.3) is 5.69 Å². The summed E-state index contributed by atoms with van der Waals surface area (Å²) >= 11 is 7.13. The molecule has 3 rings (SSSR count). The molecule has 0 saturated carbocycles. The van der Waals surface area contributed by atoms with Gasteiger partial charge >= 0.3 is 0 Å². The highest BCUT2D eigenvalue weighted by atomic mass is 35.5. The van der Waals surface area contributed by atoms with Crippen molar-refractivity contribution >= 4 is 35.0 Å². The Morgan fingerprint density at radius 1 is 1.17 bits per heavy atom. The Balaban J connectivity index is 1.80. The Hall–Kier alpha value is -2.42. The number of aromatic nitrogens is 3. The molecular weight excluding hydrogens is 413 g/mol. The van der Waals surface area contributed by atoms with Crippen LogP contribution < -0.4 is 5.32 Å². The lowest BCUT2D eigenvalue weighted by Gasteiger charge is -2.20. The number of nitrogens with one attached hydrogen (secondary N) is 1. The molecule has 152 valence electrons. The maximum Gasteiger partial charge on any atom is 0.234 e. The predicted molar refractivity (Wildman–Crippen MR) is 114 cm³/mol. The lowest BCUT2D eigenvalue weighted by molar-refractivity contribution is -0.113. The summed E-state index contributed by atoms with van der Waals surface area (Å²) in [7, 11) is 3.89. The largest absolute Gasteiger partial charge is 0.325 e. The topological polar surface area (TPSA) is 63.1 Å². The van der Waals surface area contributed by atoms with E-state index in [2.05, 4.69) is 15.5 Å². The Morgan fingerprint density at radius 3 is 2.45 bits per heavy atom. The van der Waals surface area contributed by atoms with Crippen molar-refractivity contribution in [3.8, 4) is 5.69 Å². The molecule has 0 aliphatic heterocycles. The molecule has 0 fully saturated rings. The van der Waals surface area contributed by atoms with Crippen molar-refractivity contribution in [2.75, 3.05) is 25.2 Å². The summed E-state index contributed by atoms with van der Waals surface area (Å²) in [5.41, 5.74) is 1.41. The first kappa shape index (κ1) is 21.3. The highest BCUT2D eigenvalue weighted by Gasteiger charge is 2.21. The van der Waals surface area contributed by atoms with Crippen LogP contribution in [0.15, 0.2) is 53.7 Å². The molecule has 1 atom stereocenters. The van der Waals surface area contributed by atoms with Crippen LogP contribution in [0.4, 0.5) is 10.1 Å². The standard InChI is InChI=1S/C20H21ClFN5OS/c1-13(26(2)3)19-24-25-20(27(19)17-10-6-15(22)7-11-17)29-12-18(28)23-16-8-4-14(21)5-9-16/h4-11,13H,12H2,1-3H3,(H,23,28)/t13-/m0/s1. The number of carbonyl (C=O) groups excluding carboxylic acids is 1. The van der Waals surface area contributed by atoms with Crippen LogP contribution in [-0.4, -0.2) is 45.4 Å². The van der Waals surface area contributed by atoms with Crippen molar-refractivity contribution < 1.29 is 9.18 Å². The molecule has 0 saturated heterocycles. The molecule has 0 aliphatic carbocycles. The number of hydrogen-bond donors (Lipinski definition) is 1. The zero-order chi connectivity index (χ0) is 21.0. The summed E-state index contributed by atoms with van der Waals surface area (Å²) in [5, 5.41) is 12.6. The molecule has 1 aromatic heterocycles. The highest BCUT2D eigenvalue weighted by Crippen LogP contribution is 2.27. The zero-order valence-electron chi connectivity index (χ0n) is 16.3. The maximum atomic E-state index is 13.4. The molecule has 29 heavy (non-hydrogen) atoms. The molecule has 0 unspecified atom stereocenters. The Labute approximate surface area is 178 Å². The quantitative estimate of drug-likeness (QED) is 0.559. The van der Waals surface area contributed by atoms with Gasteiger partial charge in [-0.1, -0.05) is 23.4 Å². The lowest BCUT2D eigenvalue weighted by atomic mass is 10.2. The molecule has 1 heterocycles. The SMILES string of the molecule is C[C@@H](c1nnc(SCC(=O)Nc2ccc(Cl)cc2)n1-c1ccc(F)cc1)N(C)C. The van der Waals surface area contributed by atoms with Crippen LogP contribution in [0.1, 0.15) is 18.8 Å². The van der Waals surface area contributed by atoms with Gasteiger partial charge in [0.2, 0.25) is 5.91 Å². The van der Waals surface area contributed by atoms with Crippen LogP contribution in [0.3, 0.4) is 0 Å². The van der Waals surface area contributed by atoms with Crippen molar-refractivity contribution in [2.24, 2.45) is 0 Å². The van der Waals surface area contributed by atoms with E-state index in [4.69, 9.17) is 11.6 Å². The van der Waals surface area contributed by atoms with Gasteiger partial charge in [0.15, 0.2) is 11.0 Å². The smallest absolute Gasteiger partial charge is 0.234 e. The van der Waals surface area contributed by atoms with Gasteiger partial charge in [-0.2, -0.15) is 0 Å². The molecule has 9 heteroatoms. The first-order valence-electron chi connectivity index (χ1n) is 8.91. The van der Waals surface area contributed by atoms with E-state index in [1.54, 1.807) is 36.4 Å². The molecular formula is C20H21ClFN5OS. The van der Waals surface area contributed by atoms with Gasteiger partial charge in [-0.15, -0.1) is 10.2 Å². The molecule has 0 spiro atoms. The molecule has 0 bridgehead atoms. The van der Waals surface area contributed by atoms with Gasteiger partial charge < -0.3 is 5.32 Å². The number of nitrogens with zero attached hydrogens (tertiary/aromatic N) is 4. The van der Waals surface area contributed by atoms with Crippen LogP contribution in [0.2, 0.25) is 5.02 Å². The van der Waals surface area contributed by atoms with Crippen LogP contribution in [-0.2, 0) is 4.79 Å². The van der Waals surface area contributed by atoms with E-state index in [1.807, 2.05) is 30.5 Å². The third-order valence-electron chi connectivity index (χ3n) is 4.35. The predicted octanol–water partition coefficient (Wildman–Crippen LogP) is 4.41. The normalized spacial score (nSPS) is 12.2. The Kier molecular flexibility index (Phi) is 6.89. The fraction of sp³-hybridized carbons (Fsp3) is 0.250. The highest BCUT2D eigenvalue weighted by molar-refractivity contribution is 7.99. The van der Waals surface area contributed by atoms with E-state index in [0.717, 1.165) is 5.69 Å². The summed E-state index contributed by atoms with van der Waals surface area (Å²) in [5.74, 6) is 0.370. The minimum Gasteiger partial charge on any atom is -0.325 e. The average Bonchev–Trinajstić information content (AvgIpc) is 3.12. The summed E-state index contributed by atoms with van der Waals surface area (Å²) in [6.07, 6.45) is 0. The van der Waals surface area contributed by atoms with Crippen molar-refractivity contribution in [1.29, 1.82) is 0 Å². The van der Waals surface area contributed by atoms with E-state index < -0.39 is 0 Å². The minimum atomic E-state index is -0.319. The van der Waals surface area contributed by atoms with Gasteiger partial charge in [0, 0.05) is 16.4 Å². The third kappa shape index (κ3) is 5.35. The lowest BCUT2D eigenvalue weighted by Crippen LogP contribution is -2.21. The van der Waals surface area contributed by atoms with E-state index in [1.165, 1.54) is 23.9 Å². The molecule has 0 aliphatic rings. The number of rotatable bonds is 7. The summed E-state index contributed by atoms with van der Waals surface area (Å²) in [4.78, 5) is 14.3. The van der Waals surface area contributed by atoms with Gasteiger partial charge in [-0.05, 0) is 69.6 Å². The first-order chi connectivity index (χ1) is 13.8. The van der Waals surface area contributed by atoms with Crippen LogP contribution in [0.5, 0.6) is 0 Å². The van der Waals surface area contributed by atoms with Crippen molar-refractivity contribution in [2.45, 2.75) is 18.1 Å². The molecule has 1 amide bonds. The minimum absolute atomic E-state index is 0.0233. The zero-order valence-corrected chi connectivity index (χ0v) is 17.8. The van der Waals surface area contributed by atoms with E-state index >= 15 is 0 Å². The number of amides is 1. The van der Waals surface area contributed by atoms with Gasteiger partial charge in [-0.3, -0.25) is 14.3 Å². The fourth-order valence-corrected chi connectivity index (χ4v) is 3.45. The Morgan fingerprint density at radius 2 is 1.83 bits per heavy atom. The van der Waals surface area contributed by atoms with E-state index in [-0.39, 0.29) is 23.5 Å². The second-order valence-electron chi connectivity index (χ2n) is 6.64. The van der Waals surface area contributed by atoms with Gasteiger partial charge in [0.1, 0.15) is 5.82 Å². The van der Waals surface area contributed by atoms with Crippen LogP contribution in [0, 0.1) is 5.82 Å². The number of hydrogen-bond acceptors (Lipinski definition) is 5. The van der Waals surface area contributed by atoms with Crippen LogP contribution >= 0.6 is 23.4 Å². The average molecular weight is 434 g/mol. The van der Waals surface area contributed by atoms with E-state index in [9.17, 15) is 9.18 Å². The number of benzene rings is 2. The fourth-order valence-electron chi connectivity index (χ4n) is 2.57. The van der Waals surface area contributed by atoms with Crippen molar-refractivity contribution in [1.82, 2.24) is 19.7 Å². The summed E-state index contributed by atoms with van der Waals surface area (Å²) < 4.78 is 15.2. The summed E-state index contributed by atoms with van der Waals surface area (Å²) in [6.45, 7) is 2.01. The van der Waals surface area contributed by atoms with Gasteiger partial charge in [-0.25, -0.2) is 4.39 Å². The van der Waals surface area contributed by atoms with Crippen molar-refractivity contribution in [3.05, 3.63) is 65.2 Å². The Bertz CT molecular complexity index is 976. The van der Waals surface area contributed by atoms with Gasteiger partial charge in [0.25, 0.3) is 0 Å². The molecule has 3 aromatic rings. The second kappa shape index (κ2) is 9.39. The second-order valence-corrected chi connectivity index (χ2v) is 8.01. The molecule has 0 radical (unpaired) electrons.